The zero-order valence-electron chi connectivity index (χ0n) is 11.4. The highest BCUT2D eigenvalue weighted by molar-refractivity contribution is 7.89. The molecule has 0 aromatic carbocycles. The summed E-state index contributed by atoms with van der Waals surface area (Å²) in [6, 6.07) is 1.72. The number of halogens is 1. The summed E-state index contributed by atoms with van der Waals surface area (Å²) >= 11 is 5.82. The summed E-state index contributed by atoms with van der Waals surface area (Å²) in [7, 11) is -0.328. The normalized spacial score (nSPS) is 11.8. The van der Waals surface area contributed by atoms with Crippen LogP contribution in [0.1, 0.15) is 0 Å². The third kappa shape index (κ3) is 4.09. The second-order valence-electron chi connectivity index (χ2n) is 4.20. The van der Waals surface area contributed by atoms with Gasteiger partial charge in [-0.15, -0.1) is 0 Å². The number of nitrogens with zero attached hydrogens (tertiary/aromatic N) is 6. The SMILES string of the molecule is CN(C)S(=O)(=O)CCNc1nc(Cl)nc(-n2cccn2)n1. The molecule has 0 radical (unpaired) electrons. The Morgan fingerprint density at radius 2 is 2.10 bits per heavy atom. The Hall–Kier alpha value is -1.78. The number of rotatable bonds is 6. The van der Waals surface area contributed by atoms with E-state index >= 15 is 0 Å². The van der Waals surface area contributed by atoms with Gasteiger partial charge in [-0.2, -0.15) is 20.1 Å². The zero-order chi connectivity index (χ0) is 15.5. The van der Waals surface area contributed by atoms with E-state index in [1.807, 2.05) is 0 Å². The molecule has 0 spiro atoms. The van der Waals surface area contributed by atoms with Crippen molar-refractivity contribution >= 4 is 27.6 Å². The van der Waals surface area contributed by atoms with Crippen molar-refractivity contribution in [3.05, 3.63) is 23.7 Å². The average molecular weight is 332 g/mol. The van der Waals surface area contributed by atoms with Gasteiger partial charge in [-0.1, -0.05) is 0 Å². The Kier molecular flexibility index (Phi) is 4.70. The van der Waals surface area contributed by atoms with Gasteiger partial charge in [0.05, 0.1) is 5.75 Å². The Bertz CT molecular complexity index is 702. The predicted octanol–water partition coefficient (Wildman–Crippen LogP) is 0.0140. The molecule has 0 unspecified atom stereocenters. The van der Waals surface area contributed by atoms with E-state index in [4.69, 9.17) is 11.6 Å². The molecule has 1 N–H and O–H groups in total. The van der Waals surface area contributed by atoms with Gasteiger partial charge >= 0.3 is 0 Å². The summed E-state index contributed by atoms with van der Waals surface area (Å²) in [6.45, 7) is 0.152. The highest BCUT2D eigenvalue weighted by Gasteiger charge is 2.13. The lowest BCUT2D eigenvalue weighted by Crippen LogP contribution is -2.28. The van der Waals surface area contributed by atoms with Crippen molar-refractivity contribution in [2.75, 3.05) is 31.7 Å². The van der Waals surface area contributed by atoms with Crippen molar-refractivity contribution in [3.63, 3.8) is 0 Å². The zero-order valence-corrected chi connectivity index (χ0v) is 13.0. The van der Waals surface area contributed by atoms with Gasteiger partial charge in [0, 0.05) is 33.0 Å². The van der Waals surface area contributed by atoms with E-state index in [-0.39, 0.29) is 29.5 Å². The molecule has 2 rings (SSSR count). The first-order valence-electron chi connectivity index (χ1n) is 5.94. The standard InChI is InChI=1S/C10H14ClN7O2S/c1-17(2)21(19,20)7-5-12-9-14-8(11)15-10(16-9)18-6-3-4-13-18/h3-4,6H,5,7H2,1-2H3,(H,12,14,15,16). The van der Waals surface area contributed by atoms with E-state index in [9.17, 15) is 8.42 Å². The van der Waals surface area contributed by atoms with Crippen LogP contribution >= 0.6 is 11.6 Å². The fraction of sp³-hybridized carbons (Fsp3) is 0.400. The van der Waals surface area contributed by atoms with Gasteiger partial charge < -0.3 is 5.32 Å². The van der Waals surface area contributed by atoms with Gasteiger partial charge in [0.1, 0.15) is 0 Å². The molecule has 0 bridgehead atoms. The van der Waals surface area contributed by atoms with Crippen molar-refractivity contribution in [2.24, 2.45) is 0 Å². The van der Waals surface area contributed by atoms with Crippen LogP contribution in [0.3, 0.4) is 0 Å². The maximum Gasteiger partial charge on any atom is 0.256 e. The van der Waals surface area contributed by atoms with Gasteiger partial charge in [-0.25, -0.2) is 17.4 Å². The molecule has 0 saturated carbocycles. The molecule has 0 aliphatic carbocycles. The van der Waals surface area contributed by atoms with Crippen LogP contribution in [0.5, 0.6) is 0 Å². The molecule has 11 heteroatoms. The summed E-state index contributed by atoms with van der Waals surface area (Å²) in [5.41, 5.74) is 0. The first kappa shape index (κ1) is 15.6. The van der Waals surface area contributed by atoms with Gasteiger partial charge in [0.15, 0.2) is 0 Å². The number of sulfonamides is 1. The highest BCUT2D eigenvalue weighted by atomic mass is 35.5. The second kappa shape index (κ2) is 6.33. The molecule has 21 heavy (non-hydrogen) atoms. The molecule has 0 atom stereocenters. The lowest BCUT2D eigenvalue weighted by molar-refractivity contribution is 0.521. The summed E-state index contributed by atoms with van der Waals surface area (Å²) in [5, 5.41) is 6.79. The van der Waals surface area contributed by atoms with Gasteiger partial charge in [-0.3, -0.25) is 0 Å². The average Bonchev–Trinajstić information content (AvgIpc) is 2.91. The maximum absolute atomic E-state index is 11.6. The molecular weight excluding hydrogens is 318 g/mol. The lowest BCUT2D eigenvalue weighted by atomic mass is 10.7. The van der Waals surface area contributed by atoms with E-state index in [1.165, 1.54) is 18.8 Å². The van der Waals surface area contributed by atoms with Crippen LogP contribution in [0.25, 0.3) is 5.95 Å². The number of hydrogen-bond donors (Lipinski definition) is 1. The first-order chi connectivity index (χ1) is 9.88. The Labute approximate surface area is 127 Å². The minimum atomic E-state index is -3.28. The third-order valence-corrected chi connectivity index (χ3v) is 4.51. The van der Waals surface area contributed by atoms with Crippen molar-refractivity contribution in [1.29, 1.82) is 0 Å². The third-order valence-electron chi connectivity index (χ3n) is 2.51. The Morgan fingerprint density at radius 1 is 1.33 bits per heavy atom. The monoisotopic (exact) mass is 331 g/mol. The molecule has 0 amide bonds. The van der Waals surface area contributed by atoms with Crippen molar-refractivity contribution in [1.82, 2.24) is 29.0 Å². The quantitative estimate of drug-likeness (QED) is 0.795. The topological polar surface area (TPSA) is 106 Å². The van der Waals surface area contributed by atoms with Crippen molar-refractivity contribution < 1.29 is 8.42 Å². The van der Waals surface area contributed by atoms with Crippen LogP contribution in [0.4, 0.5) is 5.95 Å². The summed E-state index contributed by atoms with van der Waals surface area (Å²) in [6.07, 6.45) is 3.24. The van der Waals surface area contributed by atoms with E-state index in [2.05, 4.69) is 25.4 Å². The number of anilines is 1. The maximum atomic E-state index is 11.6. The summed E-state index contributed by atoms with van der Waals surface area (Å²) < 4.78 is 25.9. The molecule has 0 saturated heterocycles. The molecule has 2 aromatic heterocycles. The van der Waals surface area contributed by atoms with E-state index in [0.29, 0.717) is 0 Å². The minimum absolute atomic E-state index is 0.00605. The molecule has 0 aliphatic heterocycles. The molecule has 9 nitrogen and oxygen atoms in total. The minimum Gasteiger partial charge on any atom is -0.353 e. The van der Waals surface area contributed by atoms with Crippen LogP contribution in [0, 0.1) is 0 Å². The lowest BCUT2D eigenvalue weighted by Gasteiger charge is -2.11. The van der Waals surface area contributed by atoms with E-state index in [0.717, 1.165) is 4.31 Å². The smallest absolute Gasteiger partial charge is 0.256 e. The molecule has 114 valence electrons. The fourth-order valence-corrected chi connectivity index (χ4v) is 2.26. The van der Waals surface area contributed by atoms with Crippen LogP contribution in [0.15, 0.2) is 18.5 Å². The second-order valence-corrected chi connectivity index (χ2v) is 6.84. The largest absolute Gasteiger partial charge is 0.353 e. The van der Waals surface area contributed by atoms with Gasteiger partial charge in [0.25, 0.3) is 5.95 Å². The van der Waals surface area contributed by atoms with Crippen LogP contribution in [-0.4, -0.2) is 63.8 Å². The van der Waals surface area contributed by atoms with Gasteiger partial charge in [0.2, 0.25) is 21.3 Å². The predicted molar refractivity (Wildman–Crippen MR) is 77.9 cm³/mol. The van der Waals surface area contributed by atoms with Crippen LogP contribution < -0.4 is 5.32 Å². The Morgan fingerprint density at radius 3 is 2.71 bits per heavy atom. The number of hydrogen-bond acceptors (Lipinski definition) is 7. The van der Waals surface area contributed by atoms with Crippen molar-refractivity contribution in [3.8, 4) is 5.95 Å². The molecule has 0 fully saturated rings. The fourth-order valence-electron chi connectivity index (χ4n) is 1.38. The summed E-state index contributed by atoms with van der Waals surface area (Å²) in [4.78, 5) is 11.9. The summed E-state index contributed by atoms with van der Waals surface area (Å²) in [5.74, 6) is 0.354. The van der Waals surface area contributed by atoms with Crippen LogP contribution in [-0.2, 0) is 10.0 Å². The van der Waals surface area contributed by atoms with E-state index in [1.54, 1.807) is 18.5 Å². The van der Waals surface area contributed by atoms with Crippen LogP contribution in [0.2, 0.25) is 5.28 Å². The molecule has 2 heterocycles. The van der Waals surface area contributed by atoms with Gasteiger partial charge in [-0.05, 0) is 17.7 Å². The number of nitrogens with one attached hydrogen (secondary N) is 1. The molecule has 0 aliphatic rings. The Balaban J connectivity index is 2.08. The van der Waals surface area contributed by atoms with Crippen molar-refractivity contribution in [2.45, 2.75) is 0 Å². The van der Waals surface area contributed by atoms with E-state index < -0.39 is 10.0 Å². The first-order valence-corrected chi connectivity index (χ1v) is 7.93. The molecule has 2 aromatic rings. The molecular formula is C10H14ClN7O2S. The highest BCUT2D eigenvalue weighted by Crippen LogP contribution is 2.08. The number of aromatic nitrogens is 5.